The van der Waals surface area contributed by atoms with Crippen LogP contribution in [0.5, 0.6) is 0 Å². The van der Waals surface area contributed by atoms with Crippen LogP contribution in [0, 0.1) is 0 Å². The smallest absolute Gasteiger partial charge is 0.339 e. The standard InChI is InChI=1S/C15H10BrN3O2/c16-11-6-7-13(17-8-11)19-14(10-4-2-1-3-5-10)12(9-18-19)15(20)21/h1-9H,(H,20,21). The van der Waals surface area contributed by atoms with Gasteiger partial charge in [0.15, 0.2) is 5.82 Å². The van der Waals surface area contributed by atoms with Crippen molar-refractivity contribution in [1.82, 2.24) is 14.8 Å². The molecule has 6 heteroatoms. The summed E-state index contributed by atoms with van der Waals surface area (Å²) in [6, 6.07) is 12.9. The Balaban J connectivity index is 2.22. The molecule has 0 aliphatic carbocycles. The second-order valence-electron chi connectivity index (χ2n) is 4.32. The van der Waals surface area contributed by atoms with E-state index >= 15 is 0 Å². The minimum atomic E-state index is -1.02. The first-order valence-electron chi connectivity index (χ1n) is 6.15. The molecule has 0 spiro atoms. The van der Waals surface area contributed by atoms with Crippen LogP contribution >= 0.6 is 15.9 Å². The molecule has 2 heterocycles. The first-order chi connectivity index (χ1) is 10.2. The Kier molecular flexibility index (Phi) is 3.53. The van der Waals surface area contributed by atoms with Crippen molar-refractivity contribution in [2.24, 2.45) is 0 Å². The zero-order valence-electron chi connectivity index (χ0n) is 10.8. The third kappa shape index (κ3) is 2.57. The molecule has 0 saturated heterocycles. The molecular weight excluding hydrogens is 334 g/mol. The van der Waals surface area contributed by atoms with E-state index in [1.807, 2.05) is 36.4 Å². The molecule has 0 atom stereocenters. The van der Waals surface area contributed by atoms with Crippen molar-refractivity contribution in [2.45, 2.75) is 0 Å². The van der Waals surface area contributed by atoms with E-state index in [1.54, 1.807) is 12.3 Å². The molecule has 1 aromatic carbocycles. The maximum atomic E-state index is 11.4. The molecule has 3 rings (SSSR count). The number of carboxylic acids is 1. The number of pyridine rings is 1. The van der Waals surface area contributed by atoms with Crippen molar-refractivity contribution in [3.05, 3.63) is 64.9 Å². The summed E-state index contributed by atoms with van der Waals surface area (Å²) in [6.45, 7) is 0. The number of carboxylic acid groups (broad SMARTS) is 1. The topological polar surface area (TPSA) is 68.0 Å². The van der Waals surface area contributed by atoms with Gasteiger partial charge in [0.05, 0.1) is 11.9 Å². The van der Waals surface area contributed by atoms with Crippen LogP contribution in [-0.2, 0) is 0 Å². The number of nitrogens with zero attached hydrogens (tertiary/aromatic N) is 3. The fourth-order valence-corrected chi connectivity index (χ4v) is 2.28. The lowest BCUT2D eigenvalue weighted by Gasteiger charge is -2.08. The van der Waals surface area contributed by atoms with Gasteiger partial charge in [-0.1, -0.05) is 30.3 Å². The monoisotopic (exact) mass is 343 g/mol. The summed E-state index contributed by atoms with van der Waals surface area (Å²) in [5.74, 6) is -0.457. The van der Waals surface area contributed by atoms with E-state index in [2.05, 4.69) is 26.0 Å². The van der Waals surface area contributed by atoms with Crippen molar-refractivity contribution in [2.75, 3.05) is 0 Å². The average Bonchev–Trinajstić information content (AvgIpc) is 2.94. The predicted octanol–water partition coefficient (Wildman–Crippen LogP) is 3.40. The number of aromatic nitrogens is 3. The lowest BCUT2D eigenvalue weighted by atomic mass is 10.1. The largest absolute Gasteiger partial charge is 0.478 e. The van der Waals surface area contributed by atoms with E-state index in [0.717, 1.165) is 10.0 Å². The quantitative estimate of drug-likeness (QED) is 0.791. The minimum Gasteiger partial charge on any atom is -0.478 e. The molecule has 0 bridgehead atoms. The number of carbonyl (C=O) groups is 1. The van der Waals surface area contributed by atoms with Crippen LogP contribution < -0.4 is 0 Å². The van der Waals surface area contributed by atoms with Crippen molar-refractivity contribution < 1.29 is 9.90 Å². The van der Waals surface area contributed by atoms with Gasteiger partial charge < -0.3 is 5.11 Å². The Morgan fingerprint density at radius 1 is 1.10 bits per heavy atom. The zero-order chi connectivity index (χ0) is 14.8. The maximum Gasteiger partial charge on any atom is 0.339 e. The number of halogens is 1. The molecule has 2 aromatic heterocycles. The van der Waals surface area contributed by atoms with Gasteiger partial charge in [0, 0.05) is 16.2 Å². The first kappa shape index (κ1) is 13.5. The van der Waals surface area contributed by atoms with Crippen LogP contribution in [0.1, 0.15) is 10.4 Å². The number of rotatable bonds is 3. The van der Waals surface area contributed by atoms with Gasteiger partial charge in [0.1, 0.15) is 5.56 Å². The highest BCUT2D eigenvalue weighted by molar-refractivity contribution is 9.10. The summed E-state index contributed by atoms with van der Waals surface area (Å²) in [6.07, 6.45) is 2.99. The van der Waals surface area contributed by atoms with Crippen LogP contribution in [-0.4, -0.2) is 25.8 Å². The van der Waals surface area contributed by atoms with Gasteiger partial charge in [-0.05, 0) is 28.1 Å². The Morgan fingerprint density at radius 3 is 2.48 bits per heavy atom. The summed E-state index contributed by atoms with van der Waals surface area (Å²) in [4.78, 5) is 15.7. The molecule has 3 aromatic rings. The van der Waals surface area contributed by atoms with Crippen LogP contribution in [0.15, 0.2) is 59.3 Å². The summed E-state index contributed by atoms with van der Waals surface area (Å²) >= 11 is 3.32. The highest BCUT2D eigenvalue weighted by Gasteiger charge is 2.19. The van der Waals surface area contributed by atoms with Gasteiger partial charge in [-0.2, -0.15) is 5.10 Å². The molecule has 0 amide bonds. The summed E-state index contributed by atoms with van der Waals surface area (Å²) in [5.41, 5.74) is 1.43. The van der Waals surface area contributed by atoms with Crippen molar-refractivity contribution >= 4 is 21.9 Å². The fraction of sp³-hybridized carbons (Fsp3) is 0. The third-order valence-electron chi connectivity index (χ3n) is 2.98. The fourth-order valence-electron chi connectivity index (χ4n) is 2.05. The summed E-state index contributed by atoms with van der Waals surface area (Å²) < 4.78 is 2.38. The maximum absolute atomic E-state index is 11.4. The molecule has 104 valence electrons. The molecular formula is C15H10BrN3O2. The normalized spacial score (nSPS) is 10.5. The molecule has 0 radical (unpaired) electrons. The van der Waals surface area contributed by atoms with Gasteiger partial charge in [-0.15, -0.1) is 0 Å². The van der Waals surface area contributed by atoms with E-state index in [0.29, 0.717) is 11.5 Å². The van der Waals surface area contributed by atoms with E-state index in [4.69, 9.17) is 0 Å². The molecule has 0 saturated carbocycles. The molecule has 0 unspecified atom stereocenters. The summed E-state index contributed by atoms with van der Waals surface area (Å²) in [5, 5.41) is 13.5. The minimum absolute atomic E-state index is 0.144. The van der Waals surface area contributed by atoms with Gasteiger partial charge in [0.2, 0.25) is 0 Å². The Labute approximate surface area is 129 Å². The van der Waals surface area contributed by atoms with Gasteiger partial charge in [-0.3, -0.25) is 0 Å². The molecule has 0 fully saturated rings. The molecule has 0 aliphatic rings. The van der Waals surface area contributed by atoms with E-state index in [-0.39, 0.29) is 5.56 Å². The highest BCUT2D eigenvalue weighted by atomic mass is 79.9. The predicted molar refractivity (Wildman–Crippen MR) is 81.5 cm³/mol. The van der Waals surface area contributed by atoms with Crippen molar-refractivity contribution in [3.8, 4) is 17.1 Å². The van der Waals surface area contributed by atoms with Crippen molar-refractivity contribution in [1.29, 1.82) is 0 Å². The lowest BCUT2D eigenvalue weighted by molar-refractivity contribution is 0.0697. The van der Waals surface area contributed by atoms with Gasteiger partial charge in [0.25, 0.3) is 0 Å². The molecule has 0 aliphatic heterocycles. The Bertz CT molecular complexity index is 782. The van der Waals surface area contributed by atoms with Crippen LogP contribution in [0.25, 0.3) is 17.1 Å². The number of aromatic carboxylic acids is 1. The molecule has 21 heavy (non-hydrogen) atoms. The van der Waals surface area contributed by atoms with Crippen molar-refractivity contribution in [3.63, 3.8) is 0 Å². The molecule has 1 N–H and O–H groups in total. The van der Waals surface area contributed by atoms with E-state index in [9.17, 15) is 9.90 Å². The Morgan fingerprint density at radius 2 is 1.86 bits per heavy atom. The van der Waals surface area contributed by atoms with E-state index < -0.39 is 5.97 Å². The first-order valence-corrected chi connectivity index (χ1v) is 6.95. The van der Waals surface area contributed by atoms with Crippen LogP contribution in [0.2, 0.25) is 0 Å². The third-order valence-corrected chi connectivity index (χ3v) is 3.44. The second-order valence-corrected chi connectivity index (χ2v) is 5.24. The average molecular weight is 344 g/mol. The number of hydrogen-bond acceptors (Lipinski definition) is 3. The molecule has 5 nitrogen and oxygen atoms in total. The highest BCUT2D eigenvalue weighted by Crippen LogP contribution is 2.26. The summed E-state index contributed by atoms with van der Waals surface area (Å²) in [7, 11) is 0. The van der Waals surface area contributed by atoms with Gasteiger partial charge >= 0.3 is 5.97 Å². The van der Waals surface area contributed by atoms with Crippen LogP contribution in [0.3, 0.4) is 0 Å². The van der Waals surface area contributed by atoms with Crippen LogP contribution in [0.4, 0.5) is 0 Å². The lowest BCUT2D eigenvalue weighted by Crippen LogP contribution is -2.04. The second kappa shape index (κ2) is 5.49. The van der Waals surface area contributed by atoms with E-state index in [1.165, 1.54) is 10.9 Å². The SMILES string of the molecule is O=C(O)c1cnn(-c2ccc(Br)cn2)c1-c1ccccc1. The van der Waals surface area contributed by atoms with Gasteiger partial charge in [-0.25, -0.2) is 14.5 Å². The number of benzene rings is 1. The Hall–Kier alpha value is -2.47. The number of hydrogen-bond donors (Lipinski definition) is 1. The zero-order valence-corrected chi connectivity index (χ0v) is 12.4.